The third kappa shape index (κ3) is 7.46. The summed E-state index contributed by atoms with van der Waals surface area (Å²) < 4.78 is 8.50. The van der Waals surface area contributed by atoms with Crippen molar-refractivity contribution in [2.24, 2.45) is 0 Å². The van der Waals surface area contributed by atoms with Gasteiger partial charge >= 0.3 is 11.8 Å². The number of fused-ring (bicyclic) bond motifs is 1. The highest BCUT2D eigenvalue weighted by atomic mass is 16.6. The first-order chi connectivity index (χ1) is 20.0. The summed E-state index contributed by atoms with van der Waals surface area (Å²) in [5.41, 5.74) is 3.90. The average molecular weight is 572 g/mol. The molecule has 0 saturated carbocycles. The zero-order valence-corrected chi connectivity index (χ0v) is 25.4. The summed E-state index contributed by atoms with van der Waals surface area (Å²) in [5, 5.41) is 7.22. The molecular weight excluding hydrogens is 530 g/mol. The van der Waals surface area contributed by atoms with Crippen LogP contribution >= 0.6 is 0 Å². The molecule has 2 amide bonds. The molecule has 42 heavy (non-hydrogen) atoms. The van der Waals surface area contributed by atoms with E-state index >= 15 is 0 Å². The van der Waals surface area contributed by atoms with Gasteiger partial charge in [-0.05, 0) is 77.3 Å². The van der Waals surface area contributed by atoms with E-state index in [-0.39, 0.29) is 11.6 Å². The second-order valence-electron chi connectivity index (χ2n) is 11.6. The SMILES string of the molecule is CCC(c1cc2cc(C)nn2c(=O)n1Cc1ccccc1)N(CCCNC(=O)OC(C)(C)C)C(=O)c1ccc(C)cc1. The van der Waals surface area contributed by atoms with Gasteiger partial charge in [-0.25, -0.2) is 9.59 Å². The Morgan fingerprint density at radius 2 is 1.71 bits per heavy atom. The van der Waals surface area contributed by atoms with Crippen LogP contribution in [0.2, 0.25) is 0 Å². The molecule has 0 saturated heterocycles. The van der Waals surface area contributed by atoms with Crippen molar-refractivity contribution in [2.75, 3.05) is 13.1 Å². The van der Waals surface area contributed by atoms with Gasteiger partial charge in [-0.15, -0.1) is 0 Å². The first kappa shape index (κ1) is 30.6. The Kier molecular flexibility index (Phi) is 9.50. The Morgan fingerprint density at radius 1 is 1.02 bits per heavy atom. The summed E-state index contributed by atoms with van der Waals surface area (Å²) in [4.78, 5) is 42.0. The molecule has 4 rings (SSSR count). The van der Waals surface area contributed by atoms with Crippen LogP contribution in [0.1, 0.15) is 79.5 Å². The van der Waals surface area contributed by atoms with Crippen molar-refractivity contribution in [3.63, 3.8) is 0 Å². The molecule has 0 radical (unpaired) electrons. The fraction of sp³-hybridized carbons (Fsp3) is 0.394. The molecular formula is C33H41N5O4. The van der Waals surface area contributed by atoms with Crippen LogP contribution in [0.25, 0.3) is 5.52 Å². The molecule has 0 aliphatic heterocycles. The van der Waals surface area contributed by atoms with Crippen molar-refractivity contribution in [3.05, 3.63) is 105 Å². The largest absolute Gasteiger partial charge is 0.444 e. The van der Waals surface area contributed by atoms with E-state index in [9.17, 15) is 14.4 Å². The maximum Gasteiger partial charge on any atom is 0.407 e. The molecule has 1 unspecified atom stereocenters. The lowest BCUT2D eigenvalue weighted by Crippen LogP contribution is -2.41. The van der Waals surface area contributed by atoms with E-state index in [1.54, 1.807) is 4.57 Å². The first-order valence-electron chi connectivity index (χ1n) is 14.5. The molecule has 2 aromatic heterocycles. The van der Waals surface area contributed by atoms with Gasteiger partial charge in [0.15, 0.2) is 0 Å². The minimum Gasteiger partial charge on any atom is -0.444 e. The Labute approximate surface area is 247 Å². The number of nitrogens with zero attached hydrogens (tertiary/aromatic N) is 4. The lowest BCUT2D eigenvalue weighted by Gasteiger charge is -2.33. The first-order valence-corrected chi connectivity index (χ1v) is 14.5. The van der Waals surface area contributed by atoms with Crippen LogP contribution in [0, 0.1) is 13.8 Å². The fourth-order valence-corrected chi connectivity index (χ4v) is 5.03. The number of aryl methyl sites for hydroxylation is 2. The minimum absolute atomic E-state index is 0.137. The van der Waals surface area contributed by atoms with Crippen LogP contribution in [0.4, 0.5) is 4.79 Å². The van der Waals surface area contributed by atoms with E-state index in [0.717, 1.165) is 22.5 Å². The number of nitrogens with one attached hydrogen (secondary N) is 1. The molecule has 1 atom stereocenters. The summed E-state index contributed by atoms with van der Waals surface area (Å²) in [5.74, 6) is -0.137. The molecule has 222 valence electrons. The molecule has 2 aromatic carbocycles. The van der Waals surface area contributed by atoms with Crippen LogP contribution in [0.15, 0.2) is 71.5 Å². The van der Waals surface area contributed by atoms with Gasteiger partial charge in [0.05, 0.1) is 23.8 Å². The van der Waals surface area contributed by atoms with Gasteiger partial charge in [-0.1, -0.05) is 55.0 Å². The zero-order valence-electron chi connectivity index (χ0n) is 25.4. The maximum atomic E-state index is 14.1. The molecule has 0 aliphatic carbocycles. The Bertz CT molecular complexity index is 1580. The lowest BCUT2D eigenvalue weighted by atomic mass is 10.0. The molecule has 0 fully saturated rings. The second-order valence-corrected chi connectivity index (χ2v) is 11.6. The van der Waals surface area contributed by atoms with E-state index in [1.807, 2.05) is 113 Å². The number of alkyl carbamates (subject to hydrolysis) is 1. The number of carbonyl (C=O) groups excluding carboxylic acids is 2. The molecule has 0 spiro atoms. The summed E-state index contributed by atoms with van der Waals surface area (Å²) in [6, 6.07) is 20.7. The van der Waals surface area contributed by atoms with Gasteiger partial charge < -0.3 is 15.0 Å². The van der Waals surface area contributed by atoms with E-state index in [2.05, 4.69) is 10.4 Å². The molecule has 1 N–H and O–H groups in total. The lowest BCUT2D eigenvalue weighted by molar-refractivity contribution is 0.0523. The number of carbonyl (C=O) groups is 2. The van der Waals surface area contributed by atoms with E-state index < -0.39 is 17.7 Å². The number of amides is 2. The highest BCUT2D eigenvalue weighted by Crippen LogP contribution is 2.28. The summed E-state index contributed by atoms with van der Waals surface area (Å²) >= 11 is 0. The predicted molar refractivity (Wildman–Crippen MR) is 164 cm³/mol. The van der Waals surface area contributed by atoms with Crippen LogP contribution < -0.4 is 11.0 Å². The summed E-state index contributed by atoms with van der Waals surface area (Å²) in [6.07, 6.45) is 0.586. The topological polar surface area (TPSA) is 97.9 Å². The average Bonchev–Trinajstić information content (AvgIpc) is 3.32. The van der Waals surface area contributed by atoms with Gasteiger partial charge in [0.2, 0.25) is 0 Å². The molecule has 4 aromatic rings. The minimum atomic E-state index is -0.599. The van der Waals surface area contributed by atoms with E-state index in [0.29, 0.717) is 43.6 Å². The van der Waals surface area contributed by atoms with Gasteiger partial charge in [0.25, 0.3) is 5.91 Å². The standard InChI is InChI=1S/C33H41N5O4/c1-7-28(29-21-27-20-24(3)35-38(27)32(41)37(29)22-25-12-9-8-10-13-25)36(30(39)26-16-14-23(2)15-17-26)19-11-18-34-31(40)42-33(4,5)6/h8-10,12-17,20-21,28H,7,11,18-19,22H2,1-6H3,(H,34,40). The van der Waals surface area contributed by atoms with Gasteiger partial charge in [-0.3, -0.25) is 9.36 Å². The molecule has 0 bridgehead atoms. The smallest absolute Gasteiger partial charge is 0.407 e. The highest BCUT2D eigenvalue weighted by Gasteiger charge is 2.28. The van der Waals surface area contributed by atoms with Crippen LogP contribution in [0.3, 0.4) is 0 Å². The van der Waals surface area contributed by atoms with Crippen molar-refractivity contribution in [1.29, 1.82) is 0 Å². The number of aromatic nitrogens is 3. The third-order valence-corrected chi connectivity index (χ3v) is 6.97. The number of hydrogen-bond donors (Lipinski definition) is 1. The van der Waals surface area contributed by atoms with Crippen molar-refractivity contribution in [2.45, 2.75) is 72.6 Å². The summed E-state index contributed by atoms with van der Waals surface area (Å²) in [6.45, 7) is 12.3. The molecule has 9 heteroatoms. The zero-order chi connectivity index (χ0) is 30.4. The van der Waals surface area contributed by atoms with E-state index in [4.69, 9.17) is 4.74 Å². The van der Waals surface area contributed by atoms with Gasteiger partial charge in [0, 0.05) is 24.3 Å². The highest BCUT2D eigenvalue weighted by molar-refractivity contribution is 5.94. The normalized spacial score (nSPS) is 12.2. The fourth-order valence-electron chi connectivity index (χ4n) is 5.03. The quantitative estimate of drug-likeness (QED) is 0.247. The van der Waals surface area contributed by atoms with Crippen LogP contribution in [0.5, 0.6) is 0 Å². The number of rotatable bonds is 10. The number of benzene rings is 2. The number of hydrogen-bond acceptors (Lipinski definition) is 5. The van der Waals surface area contributed by atoms with Gasteiger partial charge in [-0.2, -0.15) is 9.61 Å². The Balaban J connectivity index is 1.73. The van der Waals surface area contributed by atoms with Crippen molar-refractivity contribution in [1.82, 2.24) is 24.4 Å². The molecule has 2 heterocycles. The van der Waals surface area contributed by atoms with Crippen molar-refractivity contribution in [3.8, 4) is 0 Å². The van der Waals surface area contributed by atoms with Gasteiger partial charge in [0.1, 0.15) is 5.60 Å². The van der Waals surface area contributed by atoms with E-state index in [1.165, 1.54) is 4.52 Å². The monoisotopic (exact) mass is 571 g/mol. The number of ether oxygens (including phenoxy) is 1. The second kappa shape index (κ2) is 13.1. The predicted octanol–water partition coefficient (Wildman–Crippen LogP) is 5.67. The Morgan fingerprint density at radius 3 is 2.36 bits per heavy atom. The maximum absolute atomic E-state index is 14.1. The summed E-state index contributed by atoms with van der Waals surface area (Å²) in [7, 11) is 0. The van der Waals surface area contributed by atoms with Crippen LogP contribution in [-0.2, 0) is 11.3 Å². The Hall–Kier alpha value is -4.40. The molecule has 0 aliphatic rings. The third-order valence-electron chi connectivity index (χ3n) is 6.97. The molecule has 9 nitrogen and oxygen atoms in total. The van der Waals surface area contributed by atoms with Crippen LogP contribution in [-0.4, -0.2) is 49.8 Å². The van der Waals surface area contributed by atoms with Crippen molar-refractivity contribution >= 4 is 17.5 Å². The van der Waals surface area contributed by atoms with Crippen molar-refractivity contribution < 1.29 is 14.3 Å².